The molecule has 0 aromatic carbocycles. The predicted octanol–water partition coefficient (Wildman–Crippen LogP) is 3.56. The summed E-state index contributed by atoms with van der Waals surface area (Å²) in [6, 6.07) is 3.80. The lowest BCUT2D eigenvalue weighted by Crippen LogP contribution is -2.42. The van der Waals surface area contributed by atoms with Crippen LogP contribution in [0.1, 0.15) is 57.9 Å². The van der Waals surface area contributed by atoms with Crippen LogP contribution in [0.3, 0.4) is 0 Å². The summed E-state index contributed by atoms with van der Waals surface area (Å²) < 4.78 is 31.5. The molecular weight excluding hydrogens is 436 g/mol. The SMILES string of the molecule is CCCN(C(=O)CSc1nnc(-c2ccco2)n1C1CCCCC1)[C@@H]1CCS(=O)(=O)C1. The molecule has 4 rings (SSSR count). The normalized spacial score (nSPS) is 21.4. The lowest BCUT2D eigenvalue weighted by atomic mass is 9.95. The van der Waals surface area contributed by atoms with Crippen molar-refractivity contribution in [3.8, 4) is 11.6 Å². The molecular formula is C21H30N4O4S2. The zero-order valence-electron chi connectivity index (χ0n) is 17.9. The standard InChI is InChI=1S/C21H30N4O4S2/c1-2-11-24(17-10-13-31(27,28)15-17)19(26)14-30-21-23-22-20(18-9-6-12-29-18)25(21)16-7-4-3-5-8-16/h6,9,12,16-17H,2-5,7-8,10-11,13-15H2,1H3/t17-/m1/s1. The van der Waals surface area contributed by atoms with Gasteiger partial charge in [-0.2, -0.15) is 0 Å². The molecule has 0 bridgehead atoms. The number of rotatable bonds is 8. The van der Waals surface area contributed by atoms with E-state index in [1.807, 2.05) is 19.1 Å². The molecule has 1 amide bonds. The van der Waals surface area contributed by atoms with Gasteiger partial charge in [0, 0.05) is 18.6 Å². The molecule has 2 aromatic rings. The van der Waals surface area contributed by atoms with E-state index in [-0.39, 0.29) is 29.2 Å². The topological polar surface area (TPSA) is 98.3 Å². The Labute approximate surface area is 187 Å². The second kappa shape index (κ2) is 9.77. The Balaban J connectivity index is 1.51. The highest BCUT2D eigenvalue weighted by Gasteiger charge is 2.34. The number of hydrogen-bond acceptors (Lipinski definition) is 7. The van der Waals surface area contributed by atoms with Crippen molar-refractivity contribution in [2.45, 2.75) is 69.1 Å². The predicted molar refractivity (Wildman–Crippen MR) is 120 cm³/mol. The molecule has 2 aromatic heterocycles. The summed E-state index contributed by atoms with van der Waals surface area (Å²) >= 11 is 1.39. The number of thioether (sulfide) groups is 1. The number of carbonyl (C=O) groups excluding carboxylic acids is 1. The van der Waals surface area contributed by atoms with Crippen LogP contribution in [0.2, 0.25) is 0 Å². The van der Waals surface area contributed by atoms with Crippen molar-refractivity contribution >= 4 is 27.5 Å². The van der Waals surface area contributed by atoms with Gasteiger partial charge in [0.2, 0.25) is 11.7 Å². The van der Waals surface area contributed by atoms with Gasteiger partial charge in [-0.05, 0) is 37.8 Å². The Morgan fingerprint density at radius 3 is 2.71 bits per heavy atom. The largest absolute Gasteiger partial charge is 0.461 e. The van der Waals surface area contributed by atoms with Gasteiger partial charge in [-0.15, -0.1) is 10.2 Å². The number of furan rings is 1. The highest BCUT2D eigenvalue weighted by Crippen LogP contribution is 2.35. The van der Waals surface area contributed by atoms with Crippen molar-refractivity contribution in [2.24, 2.45) is 0 Å². The van der Waals surface area contributed by atoms with Crippen molar-refractivity contribution in [1.82, 2.24) is 19.7 Å². The number of carbonyl (C=O) groups is 1. The van der Waals surface area contributed by atoms with Crippen LogP contribution in [0, 0.1) is 0 Å². The smallest absolute Gasteiger partial charge is 0.233 e. The number of hydrogen-bond donors (Lipinski definition) is 0. The zero-order valence-corrected chi connectivity index (χ0v) is 19.5. The summed E-state index contributed by atoms with van der Waals surface area (Å²) in [5, 5.41) is 9.50. The minimum atomic E-state index is -3.04. The maximum absolute atomic E-state index is 13.1. The van der Waals surface area contributed by atoms with Crippen molar-refractivity contribution in [1.29, 1.82) is 0 Å². The minimum Gasteiger partial charge on any atom is -0.461 e. The van der Waals surface area contributed by atoms with Gasteiger partial charge >= 0.3 is 0 Å². The van der Waals surface area contributed by atoms with E-state index in [1.54, 1.807) is 11.2 Å². The first-order valence-electron chi connectivity index (χ1n) is 11.1. The van der Waals surface area contributed by atoms with Crippen molar-refractivity contribution < 1.29 is 17.6 Å². The molecule has 2 fully saturated rings. The molecule has 8 nitrogen and oxygen atoms in total. The minimum absolute atomic E-state index is 0.0355. The van der Waals surface area contributed by atoms with E-state index < -0.39 is 9.84 Å². The van der Waals surface area contributed by atoms with E-state index in [2.05, 4.69) is 14.8 Å². The molecule has 1 atom stereocenters. The Morgan fingerprint density at radius 2 is 2.06 bits per heavy atom. The van der Waals surface area contributed by atoms with Crippen LogP contribution in [0.4, 0.5) is 0 Å². The van der Waals surface area contributed by atoms with Crippen molar-refractivity contribution in [3.63, 3.8) is 0 Å². The van der Waals surface area contributed by atoms with Gasteiger partial charge in [-0.3, -0.25) is 9.36 Å². The maximum Gasteiger partial charge on any atom is 0.233 e. The fraction of sp³-hybridized carbons (Fsp3) is 0.667. The van der Waals surface area contributed by atoms with Gasteiger partial charge < -0.3 is 9.32 Å². The highest BCUT2D eigenvalue weighted by atomic mass is 32.2. The summed E-state index contributed by atoms with van der Waals surface area (Å²) in [7, 11) is -3.04. The molecule has 31 heavy (non-hydrogen) atoms. The Bertz CT molecular complexity index is 981. The molecule has 1 saturated heterocycles. The fourth-order valence-corrected chi connectivity index (χ4v) is 7.22. The van der Waals surface area contributed by atoms with E-state index in [0.717, 1.165) is 24.4 Å². The van der Waals surface area contributed by atoms with Gasteiger partial charge in [0.05, 0.1) is 23.5 Å². The summed E-state index contributed by atoms with van der Waals surface area (Å²) in [5.41, 5.74) is 0. The number of nitrogens with zero attached hydrogens (tertiary/aromatic N) is 4. The quantitative estimate of drug-likeness (QED) is 0.549. The Morgan fingerprint density at radius 1 is 1.26 bits per heavy atom. The molecule has 0 radical (unpaired) electrons. The van der Waals surface area contributed by atoms with Crippen LogP contribution in [0.15, 0.2) is 28.0 Å². The molecule has 0 unspecified atom stereocenters. The first-order chi connectivity index (χ1) is 15.0. The van der Waals surface area contributed by atoms with Crippen LogP contribution in [0.5, 0.6) is 0 Å². The van der Waals surface area contributed by atoms with Crippen LogP contribution < -0.4 is 0 Å². The molecule has 3 heterocycles. The third kappa shape index (κ3) is 5.16. The Hall–Kier alpha value is -1.81. The number of sulfone groups is 1. The van der Waals surface area contributed by atoms with Crippen LogP contribution >= 0.6 is 11.8 Å². The van der Waals surface area contributed by atoms with Crippen molar-refractivity contribution in [3.05, 3.63) is 18.4 Å². The first kappa shape index (κ1) is 22.4. The lowest BCUT2D eigenvalue weighted by molar-refractivity contribution is -0.130. The van der Waals surface area contributed by atoms with Gasteiger partial charge in [0.1, 0.15) is 0 Å². The average Bonchev–Trinajstić information content (AvgIpc) is 3.50. The second-order valence-electron chi connectivity index (χ2n) is 8.38. The van der Waals surface area contributed by atoms with E-state index in [1.165, 1.54) is 31.0 Å². The van der Waals surface area contributed by atoms with Gasteiger partial charge in [-0.25, -0.2) is 8.42 Å². The fourth-order valence-electron chi connectivity index (χ4n) is 4.60. The highest BCUT2D eigenvalue weighted by molar-refractivity contribution is 7.99. The van der Waals surface area contributed by atoms with Crippen LogP contribution in [-0.4, -0.2) is 63.8 Å². The Kier molecular flexibility index (Phi) is 7.05. The van der Waals surface area contributed by atoms with E-state index in [0.29, 0.717) is 30.6 Å². The lowest BCUT2D eigenvalue weighted by Gasteiger charge is -2.28. The molecule has 1 saturated carbocycles. The van der Waals surface area contributed by atoms with Crippen LogP contribution in [0.25, 0.3) is 11.6 Å². The maximum atomic E-state index is 13.1. The van der Waals surface area contributed by atoms with Crippen molar-refractivity contribution in [2.75, 3.05) is 23.8 Å². The van der Waals surface area contributed by atoms with Gasteiger partial charge in [-0.1, -0.05) is 37.9 Å². The summed E-state index contributed by atoms with van der Waals surface area (Å²) in [5.74, 6) is 1.82. The molecule has 1 aliphatic carbocycles. The molecule has 0 spiro atoms. The molecule has 2 aliphatic rings. The van der Waals surface area contributed by atoms with E-state index in [9.17, 15) is 13.2 Å². The van der Waals surface area contributed by atoms with Crippen LogP contribution in [-0.2, 0) is 14.6 Å². The number of aromatic nitrogens is 3. The van der Waals surface area contributed by atoms with Gasteiger partial charge in [0.15, 0.2) is 20.8 Å². The second-order valence-corrected chi connectivity index (χ2v) is 11.5. The monoisotopic (exact) mass is 466 g/mol. The molecule has 10 heteroatoms. The molecule has 0 N–H and O–H groups in total. The summed E-state index contributed by atoms with van der Waals surface area (Å²) in [6.07, 6.45) is 8.67. The third-order valence-electron chi connectivity index (χ3n) is 6.10. The average molecular weight is 467 g/mol. The van der Waals surface area contributed by atoms with Gasteiger partial charge in [0.25, 0.3) is 0 Å². The first-order valence-corrected chi connectivity index (χ1v) is 13.9. The summed E-state index contributed by atoms with van der Waals surface area (Å²) in [4.78, 5) is 14.8. The van der Waals surface area contributed by atoms with E-state index >= 15 is 0 Å². The third-order valence-corrected chi connectivity index (χ3v) is 8.78. The van der Waals surface area contributed by atoms with E-state index in [4.69, 9.17) is 4.42 Å². The molecule has 170 valence electrons. The number of amides is 1. The zero-order chi connectivity index (χ0) is 21.8. The molecule has 1 aliphatic heterocycles. The summed E-state index contributed by atoms with van der Waals surface area (Å²) in [6.45, 7) is 2.58.